The molecule has 0 spiro atoms. The Kier molecular flexibility index (Phi) is 4.07. The minimum atomic E-state index is -0.775. The molecule has 1 aromatic carbocycles. The highest BCUT2D eigenvalue weighted by Gasteiger charge is 2.18. The molecule has 0 unspecified atom stereocenters. The number of carbonyl (C=O) groups excluding carboxylic acids is 2. The van der Waals surface area contributed by atoms with E-state index in [1.165, 1.54) is 32.7 Å². The summed E-state index contributed by atoms with van der Waals surface area (Å²) >= 11 is 0. The van der Waals surface area contributed by atoms with Crippen molar-refractivity contribution >= 4 is 11.9 Å². The molecule has 0 saturated heterocycles. The summed E-state index contributed by atoms with van der Waals surface area (Å²) in [7, 11) is 2.94. The van der Waals surface area contributed by atoms with Crippen LogP contribution < -0.4 is 19.9 Å². The first-order valence-electron chi connectivity index (χ1n) is 5.84. The van der Waals surface area contributed by atoms with E-state index in [4.69, 9.17) is 19.9 Å². The van der Waals surface area contributed by atoms with Crippen LogP contribution in [0.1, 0.15) is 20.8 Å². The van der Waals surface area contributed by atoms with Gasteiger partial charge in [0, 0.05) is 0 Å². The van der Waals surface area contributed by atoms with E-state index < -0.39 is 11.9 Å². The van der Waals surface area contributed by atoms with E-state index in [0.717, 1.165) is 0 Å². The fourth-order valence-electron chi connectivity index (χ4n) is 1.65. The maximum absolute atomic E-state index is 12.0. The van der Waals surface area contributed by atoms with Crippen LogP contribution in [-0.4, -0.2) is 36.1 Å². The Morgan fingerprint density at radius 3 is 2.52 bits per heavy atom. The van der Waals surface area contributed by atoms with Gasteiger partial charge in [-0.05, 0) is 18.2 Å². The molecule has 1 aromatic heterocycles. The van der Waals surface area contributed by atoms with Gasteiger partial charge in [-0.15, -0.1) is 0 Å². The monoisotopic (exact) mass is 291 g/mol. The molecule has 0 fully saturated rings. The number of aromatic amines is 1. The number of primary amides is 1. The number of rotatable bonds is 5. The maximum Gasteiger partial charge on any atom is 0.345 e. The molecule has 1 amide bonds. The van der Waals surface area contributed by atoms with Crippen molar-refractivity contribution in [3.8, 4) is 17.4 Å². The van der Waals surface area contributed by atoms with Crippen molar-refractivity contribution in [3.05, 3.63) is 35.8 Å². The molecule has 0 aliphatic carbocycles. The third-order valence-corrected chi connectivity index (χ3v) is 2.66. The number of amides is 1. The van der Waals surface area contributed by atoms with Gasteiger partial charge in [0.1, 0.15) is 0 Å². The Morgan fingerprint density at radius 2 is 1.90 bits per heavy atom. The molecule has 2 rings (SSSR count). The van der Waals surface area contributed by atoms with Crippen LogP contribution in [0.5, 0.6) is 17.4 Å². The number of benzene rings is 1. The van der Waals surface area contributed by atoms with Crippen LogP contribution in [0.2, 0.25) is 0 Å². The van der Waals surface area contributed by atoms with E-state index in [0.29, 0.717) is 11.5 Å². The third kappa shape index (κ3) is 2.94. The molecule has 3 N–H and O–H groups in total. The SMILES string of the molecule is COc1ccc(C(=O)Oc2nc[nH]c2C(N)=O)cc1OC. The Labute approximate surface area is 119 Å². The van der Waals surface area contributed by atoms with Gasteiger partial charge in [0.25, 0.3) is 11.8 Å². The van der Waals surface area contributed by atoms with E-state index in [-0.39, 0.29) is 17.1 Å². The summed E-state index contributed by atoms with van der Waals surface area (Å²) in [6, 6.07) is 4.52. The van der Waals surface area contributed by atoms with E-state index >= 15 is 0 Å². The number of aromatic nitrogens is 2. The zero-order valence-corrected chi connectivity index (χ0v) is 11.4. The Morgan fingerprint density at radius 1 is 1.19 bits per heavy atom. The largest absolute Gasteiger partial charge is 0.493 e. The van der Waals surface area contributed by atoms with Crippen LogP contribution in [0.3, 0.4) is 0 Å². The van der Waals surface area contributed by atoms with Crippen LogP contribution in [0, 0.1) is 0 Å². The van der Waals surface area contributed by atoms with Gasteiger partial charge in [-0.2, -0.15) is 0 Å². The standard InChI is InChI=1S/C13H13N3O5/c1-19-8-4-3-7(5-9(8)20-2)13(18)21-12-10(11(14)17)15-6-16-12/h3-6H,1-2H3,(H2,14,17)(H,15,16). The van der Waals surface area contributed by atoms with Crippen molar-refractivity contribution in [1.82, 2.24) is 9.97 Å². The van der Waals surface area contributed by atoms with Gasteiger partial charge in [-0.1, -0.05) is 0 Å². The molecule has 21 heavy (non-hydrogen) atoms. The highest BCUT2D eigenvalue weighted by Crippen LogP contribution is 2.28. The minimum absolute atomic E-state index is 0.0798. The van der Waals surface area contributed by atoms with Crippen LogP contribution in [0.4, 0.5) is 0 Å². The zero-order valence-electron chi connectivity index (χ0n) is 11.4. The highest BCUT2D eigenvalue weighted by atomic mass is 16.5. The predicted molar refractivity (Wildman–Crippen MR) is 71.6 cm³/mol. The first-order valence-corrected chi connectivity index (χ1v) is 5.84. The van der Waals surface area contributed by atoms with Crippen molar-refractivity contribution in [2.45, 2.75) is 0 Å². The second-order valence-electron chi connectivity index (χ2n) is 3.91. The Balaban J connectivity index is 2.24. The van der Waals surface area contributed by atoms with Crippen molar-refractivity contribution in [3.63, 3.8) is 0 Å². The Bertz CT molecular complexity index is 680. The number of imidazole rings is 1. The number of nitrogens with one attached hydrogen (secondary N) is 1. The van der Waals surface area contributed by atoms with Gasteiger partial charge in [0.2, 0.25) is 0 Å². The third-order valence-electron chi connectivity index (χ3n) is 2.66. The lowest BCUT2D eigenvalue weighted by molar-refractivity contribution is 0.0725. The summed E-state index contributed by atoms with van der Waals surface area (Å²) < 4.78 is 15.2. The van der Waals surface area contributed by atoms with Crippen molar-refractivity contribution < 1.29 is 23.8 Å². The van der Waals surface area contributed by atoms with Crippen LogP contribution in [0.15, 0.2) is 24.5 Å². The van der Waals surface area contributed by atoms with E-state index in [1.54, 1.807) is 6.07 Å². The molecule has 8 heteroatoms. The van der Waals surface area contributed by atoms with Crippen molar-refractivity contribution in [2.75, 3.05) is 14.2 Å². The molecule has 110 valence electrons. The van der Waals surface area contributed by atoms with Gasteiger partial charge in [0.05, 0.1) is 26.1 Å². The van der Waals surface area contributed by atoms with Gasteiger partial charge in [-0.3, -0.25) is 4.79 Å². The topological polar surface area (TPSA) is 117 Å². The smallest absolute Gasteiger partial charge is 0.345 e. The number of ether oxygens (including phenoxy) is 3. The molecule has 8 nitrogen and oxygen atoms in total. The van der Waals surface area contributed by atoms with E-state index in [9.17, 15) is 9.59 Å². The first-order chi connectivity index (χ1) is 10.1. The summed E-state index contributed by atoms with van der Waals surface area (Å²) in [6.45, 7) is 0. The predicted octanol–water partition coefficient (Wildman–Crippen LogP) is 0.745. The molecule has 0 atom stereocenters. The zero-order chi connectivity index (χ0) is 15.4. The van der Waals surface area contributed by atoms with Crippen LogP contribution in [-0.2, 0) is 0 Å². The summed E-state index contributed by atoms with van der Waals surface area (Å²) in [6.07, 6.45) is 1.21. The van der Waals surface area contributed by atoms with Crippen molar-refractivity contribution in [1.29, 1.82) is 0 Å². The van der Waals surface area contributed by atoms with Gasteiger partial charge >= 0.3 is 5.97 Å². The molecular weight excluding hydrogens is 278 g/mol. The highest BCUT2D eigenvalue weighted by molar-refractivity contribution is 5.96. The second kappa shape index (κ2) is 5.95. The number of hydrogen-bond donors (Lipinski definition) is 2. The number of methoxy groups -OCH3 is 2. The summed E-state index contributed by atoms with van der Waals surface area (Å²) in [4.78, 5) is 29.4. The molecule has 0 bridgehead atoms. The van der Waals surface area contributed by atoms with Crippen LogP contribution >= 0.6 is 0 Å². The van der Waals surface area contributed by atoms with Gasteiger partial charge < -0.3 is 24.9 Å². The second-order valence-corrected chi connectivity index (χ2v) is 3.91. The first kappa shape index (κ1) is 14.4. The fourth-order valence-corrected chi connectivity index (χ4v) is 1.65. The Hall–Kier alpha value is -3.03. The molecule has 2 aromatic rings. The number of nitrogens with two attached hydrogens (primary N) is 1. The summed E-state index contributed by atoms with van der Waals surface area (Å²) in [5, 5.41) is 0. The minimum Gasteiger partial charge on any atom is -0.493 e. The van der Waals surface area contributed by atoms with E-state index in [1.807, 2.05) is 0 Å². The molecule has 0 saturated carbocycles. The number of carbonyl (C=O) groups is 2. The lowest BCUT2D eigenvalue weighted by Gasteiger charge is -2.09. The molecular formula is C13H13N3O5. The average molecular weight is 291 g/mol. The number of hydrogen-bond acceptors (Lipinski definition) is 6. The quantitative estimate of drug-likeness (QED) is 0.785. The molecule has 0 aliphatic rings. The number of H-pyrrole nitrogens is 1. The summed E-state index contributed by atoms with van der Waals surface area (Å²) in [5.74, 6) is -0.800. The molecule has 1 heterocycles. The van der Waals surface area contributed by atoms with E-state index in [2.05, 4.69) is 9.97 Å². The normalized spacial score (nSPS) is 10.0. The maximum atomic E-state index is 12.0. The lowest BCUT2D eigenvalue weighted by Crippen LogP contribution is -2.16. The molecule has 0 radical (unpaired) electrons. The van der Waals surface area contributed by atoms with Crippen LogP contribution in [0.25, 0.3) is 0 Å². The van der Waals surface area contributed by atoms with Gasteiger partial charge in [0.15, 0.2) is 17.2 Å². The van der Waals surface area contributed by atoms with Crippen molar-refractivity contribution in [2.24, 2.45) is 5.73 Å². The number of nitrogens with zero attached hydrogens (tertiary/aromatic N) is 1. The number of esters is 1. The van der Waals surface area contributed by atoms with Gasteiger partial charge in [-0.25, -0.2) is 9.78 Å². The molecule has 0 aliphatic heterocycles. The fraction of sp³-hybridized carbons (Fsp3) is 0.154. The lowest BCUT2D eigenvalue weighted by atomic mass is 10.2. The average Bonchev–Trinajstić information content (AvgIpc) is 2.94. The summed E-state index contributed by atoms with van der Waals surface area (Å²) in [5.41, 5.74) is 5.25.